The topological polar surface area (TPSA) is 85.1 Å². The zero-order chi connectivity index (χ0) is 18.0. The van der Waals surface area contributed by atoms with Crippen LogP contribution in [-0.4, -0.2) is 18.6 Å². The van der Waals surface area contributed by atoms with E-state index in [0.717, 1.165) is 6.07 Å². The second-order valence-electron chi connectivity index (χ2n) is 5.25. The largest absolute Gasteiger partial charge is 0.338 e. The van der Waals surface area contributed by atoms with Gasteiger partial charge in [-0.3, -0.25) is 0 Å². The molecule has 0 radical (unpaired) electrons. The van der Waals surface area contributed by atoms with Gasteiger partial charge in [-0.15, -0.1) is 0 Å². The predicted octanol–water partition coefficient (Wildman–Crippen LogP) is 2.80. The van der Waals surface area contributed by atoms with E-state index in [1.807, 2.05) is 0 Å². The summed E-state index contributed by atoms with van der Waals surface area (Å²) in [7, 11) is -3.85. The van der Waals surface area contributed by atoms with Crippen molar-refractivity contribution in [2.24, 2.45) is 0 Å². The lowest BCUT2D eigenvalue weighted by atomic mass is 10.2. The SMILES string of the molecule is Cc1cc(S(=O)(=O)NCc2nc(-c3ccc(F)cc3)no2)ccc1F. The molecule has 2 aromatic carbocycles. The molecule has 25 heavy (non-hydrogen) atoms. The lowest BCUT2D eigenvalue weighted by Crippen LogP contribution is -2.23. The highest BCUT2D eigenvalue weighted by Crippen LogP contribution is 2.17. The van der Waals surface area contributed by atoms with Crippen molar-refractivity contribution >= 4 is 10.0 Å². The highest BCUT2D eigenvalue weighted by molar-refractivity contribution is 7.89. The third kappa shape index (κ3) is 3.89. The van der Waals surface area contributed by atoms with Gasteiger partial charge in [0, 0.05) is 5.56 Å². The molecule has 0 spiro atoms. The van der Waals surface area contributed by atoms with Gasteiger partial charge in [0.25, 0.3) is 0 Å². The van der Waals surface area contributed by atoms with Gasteiger partial charge >= 0.3 is 0 Å². The Hall–Kier alpha value is -2.65. The van der Waals surface area contributed by atoms with Crippen LogP contribution < -0.4 is 4.72 Å². The van der Waals surface area contributed by atoms with Crippen LogP contribution in [-0.2, 0) is 16.6 Å². The molecule has 0 bridgehead atoms. The Morgan fingerprint density at radius 2 is 1.84 bits per heavy atom. The number of hydrogen-bond donors (Lipinski definition) is 1. The summed E-state index contributed by atoms with van der Waals surface area (Å²) < 4.78 is 57.9. The number of benzene rings is 2. The van der Waals surface area contributed by atoms with E-state index in [0.29, 0.717) is 5.56 Å². The first-order valence-electron chi connectivity index (χ1n) is 7.19. The van der Waals surface area contributed by atoms with Gasteiger partial charge in [-0.25, -0.2) is 21.9 Å². The average molecular weight is 365 g/mol. The van der Waals surface area contributed by atoms with Crippen LogP contribution in [0.4, 0.5) is 8.78 Å². The molecule has 6 nitrogen and oxygen atoms in total. The van der Waals surface area contributed by atoms with Gasteiger partial charge in [-0.05, 0) is 55.0 Å². The summed E-state index contributed by atoms with van der Waals surface area (Å²) in [5.41, 5.74) is 0.757. The molecule has 0 saturated heterocycles. The maximum Gasteiger partial charge on any atom is 0.242 e. The standard InChI is InChI=1S/C16H13F2N3O3S/c1-10-8-13(6-7-14(10)18)25(22,23)19-9-15-20-16(21-24-15)11-2-4-12(17)5-3-11/h2-8,19H,9H2,1H3. The van der Waals surface area contributed by atoms with Crippen LogP contribution in [0.3, 0.4) is 0 Å². The van der Waals surface area contributed by atoms with E-state index in [1.54, 1.807) is 0 Å². The number of hydrogen-bond acceptors (Lipinski definition) is 5. The molecule has 0 unspecified atom stereocenters. The minimum absolute atomic E-state index is 0.0433. The summed E-state index contributed by atoms with van der Waals surface area (Å²) in [6.45, 7) is 1.24. The highest BCUT2D eigenvalue weighted by atomic mass is 32.2. The van der Waals surface area contributed by atoms with Crippen LogP contribution in [0.5, 0.6) is 0 Å². The lowest BCUT2D eigenvalue weighted by molar-refractivity contribution is 0.376. The molecule has 3 aromatic rings. The van der Waals surface area contributed by atoms with Gasteiger partial charge in [-0.1, -0.05) is 5.16 Å². The van der Waals surface area contributed by atoms with Crippen molar-refractivity contribution in [3.05, 3.63) is 65.6 Å². The Morgan fingerprint density at radius 3 is 2.52 bits per heavy atom. The molecule has 0 atom stereocenters. The molecule has 0 aliphatic heterocycles. The van der Waals surface area contributed by atoms with E-state index < -0.39 is 21.7 Å². The van der Waals surface area contributed by atoms with Crippen LogP contribution in [0, 0.1) is 18.6 Å². The molecule has 0 aliphatic rings. The zero-order valence-corrected chi connectivity index (χ0v) is 13.8. The van der Waals surface area contributed by atoms with Crippen molar-refractivity contribution in [3.8, 4) is 11.4 Å². The van der Waals surface area contributed by atoms with E-state index >= 15 is 0 Å². The molecule has 9 heteroatoms. The third-order valence-corrected chi connectivity index (χ3v) is 4.82. The number of aryl methyl sites for hydroxylation is 1. The van der Waals surface area contributed by atoms with Gasteiger partial charge in [0.2, 0.25) is 21.7 Å². The fourth-order valence-electron chi connectivity index (χ4n) is 2.07. The van der Waals surface area contributed by atoms with Gasteiger partial charge in [0.1, 0.15) is 11.6 Å². The summed E-state index contributed by atoms with van der Waals surface area (Å²) in [6, 6.07) is 8.96. The molecule has 3 rings (SSSR count). The maximum absolute atomic E-state index is 13.3. The Kier molecular flexibility index (Phi) is 4.60. The fourth-order valence-corrected chi connectivity index (χ4v) is 3.13. The first kappa shape index (κ1) is 17.2. The summed E-state index contributed by atoms with van der Waals surface area (Å²) in [6.07, 6.45) is 0. The molecule has 0 aliphatic carbocycles. The molecule has 1 aromatic heterocycles. The summed E-state index contributed by atoms with van der Waals surface area (Å²) in [5.74, 6) is -0.622. The van der Waals surface area contributed by atoms with Crippen molar-refractivity contribution in [3.63, 3.8) is 0 Å². The molecule has 0 amide bonds. The fraction of sp³-hybridized carbons (Fsp3) is 0.125. The number of nitrogens with zero attached hydrogens (tertiary/aromatic N) is 2. The molecule has 1 N–H and O–H groups in total. The second kappa shape index (κ2) is 6.69. The number of sulfonamides is 1. The number of rotatable bonds is 5. The molecule has 0 fully saturated rings. The van der Waals surface area contributed by atoms with Crippen molar-refractivity contribution in [1.82, 2.24) is 14.9 Å². The normalized spacial score (nSPS) is 11.6. The number of halogens is 2. The Bertz CT molecular complexity index is 1000. The summed E-state index contributed by atoms with van der Waals surface area (Å²) in [4.78, 5) is 3.99. The van der Waals surface area contributed by atoms with E-state index in [1.165, 1.54) is 43.3 Å². The monoisotopic (exact) mass is 365 g/mol. The predicted molar refractivity (Wildman–Crippen MR) is 84.9 cm³/mol. The van der Waals surface area contributed by atoms with Crippen molar-refractivity contribution in [1.29, 1.82) is 0 Å². The summed E-state index contributed by atoms with van der Waals surface area (Å²) in [5, 5.41) is 3.72. The Morgan fingerprint density at radius 1 is 1.12 bits per heavy atom. The van der Waals surface area contributed by atoms with Crippen LogP contribution in [0.15, 0.2) is 51.9 Å². The number of aromatic nitrogens is 2. The minimum Gasteiger partial charge on any atom is -0.338 e. The van der Waals surface area contributed by atoms with Crippen LogP contribution >= 0.6 is 0 Å². The van der Waals surface area contributed by atoms with Gasteiger partial charge in [0.05, 0.1) is 11.4 Å². The molecular weight excluding hydrogens is 352 g/mol. The molecule has 0 saturated carbocycles. The average Bonchev–Trinajstić information content (AvgIpc) is 3.05. The van der Waals surface area contributed by atoms with Crippen LogP contribution in [0.2, 0.25) is 0 Å². The van der Waals surface area contributed by atoms with Crippen LogP contribution in [0.1, 0.15) is 11.5 Å². The van der Waals surface area contributed by atoms with E-state index in [9.17, 15) is 17.2 Å². The molecule has 130 valence electrons. The van der Waals surface area contributed by atoms with Crippen molar-refractivity contribution < 1.29 is 21.7 Å². The van der Waals surface area contributed by atoms with Crippen molar-refractivity contribution in [2.45, 2.75) is 18.4 Å². The first-order chi connectivity index (χ1) is 11.8. The van der Waals surface area contributed by atoms with Crippen LogP contribution in [0.25, 0.3) is 11.4 Å². The second-order valence-corrected chi connectivity index (χ2v) is 7.02. The lowest BCUT2D eigenvalue weighted by Gasteiger charge is -2.05. The first-order valence-corrected chi connectivity index (χ1v) is 8.68. The zero-order valence-electron chi connectivity index (χ0n) is 13.0. The van der Waals surface area contributed by atoms with Gasteiger partial charge in [0.15, 0.2) is 0 Å². The molecule has 1 heterocycles. The Labute approximate surface area is 142 Å². The van der Waals surface area contributed by atoms with Crippen molar-refractivity contribution in [2.75, 3.05) is 0 Å². The minimum atomic E-state index is -3.85. The van der Waals surface area contributed by atoms with Gasteiger partial charge in [-0.2, -0.15) is 4.98 Å². The maximum atomic E-state index is 13.3. The van der Waals surface area contributed by atoms with E-state index in [4.69, 9.17) is 4.52 Å². The Balaban J connectivity index is 1.73. The highest BCUT2D eigenvalue weighted by Gasteiger charge is 2.17. The quantitative estimate of drug-likeness (QED) is 0.751. The summed E-state index contributed by atoms with van der Waals surface area (Å²) >= 11 is 0. The van der Waals surface area contributed by atoms with E-state index in [-0.39, 0.29) is 28.7 Å². The van der Waals surface area contributed by atoms with Gasteiger partial charge < -0.3 is 4.52 Å². The smallest absolute Gasteiger partial charge is 0.242 e. The van der Waals surface area contributed by atoms with E-state index in [2.05, 4.69) is 14.9 Å². The number of nitrogens with one attached hydrogen (secondary N) is 1. The third-order valence-electron chi connectivity index (χ3n) is 3.42. The molecular formula is C16H13F2N3O3S.